The highest BCUT2D eigenvalue weighted by Gasteiger charge is 2.07. The van der Waals surface area contributed by atoms with Crippen molar-refractivity contribution in [2.75, 3.05) is 0 Å². The molecule has 0 aliphatic rings. The molecule has 0 aromatic heterocycles. The van der Waals surface area contributed by atoms with Gasteiger partial charge in [0.2, 0.25) is 0 Å². The van der Waals surface area contributed by atoms with E-state index in [2.05, 4.69) is 26.0 Å². The van der Waals surface area contributed by atoms with Crippen LogP contribution in [0.15, 0.2) is 29.8 Å². The van der Waals surface area contributed by atoms with Crippen LogP contribution in [-0.4, -0.2) is 0 Å². The molecule has 2 heteroatoms. The van der Waals surface area contributed by atoms with Crippen LogP contribution in [0.1, 0.15) is 44.2 Å². The van der Waals surface area contributed by atoms with Gasteiger partial charge in [0.15, 0.2) is 0 Å². The molecule has 0 aliphatic heterocycles. The summed E-state index contributed by atoms with van der Waals surface area (Å²) in [6.45, 7) is 6.24. The predicted molar refractivity (Wildman–Crippen MR) is 69.0 cm³/mol. The molecule has 0 saturated carbocycles. The van der Waals surface area contributed by atoms with Crippen molar-refractivity contribution in [3.63, 3.8) is 0 Å². The summed E-state index contributed by atoms with van der Waals surface area (Å²) in [5, 5.41) is 17.8. The average molecular weight is 224 g/mol. The molecule has 0 fully saturated rings. The van der Waals surface area contributed by atoms with Crippen LogP contribution in [0.2, 0.25) is 0 Å². The van der Waals surface area contributed by atoms with Gasteiger partial charge in [-0.2, -0.15) is 10.5 Å². The maximum absolute atomic E-state index is 8.90. The molecule has 0 saturated heterocycles. The van der Waals surface area contributed by atoms with Crippen LogP contribution in [0.4, 0.5) is 0 Å². The molecular formula is C15H16N2. The Kier molecular flexibility index (Phi) is 4.49. The van der Waals surface area contributed by atoms with Crippen molar-refractivity contribution in [3.8, 4) is 12.1 Å². The van der Waals surface area contributed by atoms with Crippen LogP contribution in [0.5, 0.6) is 0 Å². The van der Waals surface area contributed by atoms with Crippen molar-refractivity contribution in [2.24, 2.45) is 0 Å². The van der Waals surface area contributed by atoms with Crippen LogP contribution < -0.4 is 0 Å². The maximum atomic E-state index is 8.90. The number of hydrogen-bond acceptors (Lipinski definition) is 2. The number of nitriles is 2. The first-order valence-electron chi connectivity index (χ1n) is 5.77. The van der Waals surface area contributed by atoms with Gasteiger partial charge in [0.1, 0.15) is 17.7 Å². The van der Waals surface area contributed by atoms with Gasteiger partial charge in [-0.3, -0.25) is 0 Å². The molecule has 17 heavy (non-hydrogen) atoms. The molecule has 0 atom stereocenters. The van der Waals surface area contributed by atoms with E-state index in [1.807, 2.05) is 31.2 Å². The average Bonchev–Trinajstić information content (AvgIpc) is 2.36. The summed E-state index contributed by atoms with van der Waals surface area (Å²) in [5.74, 6) is 0.490. The molecule has 0 unspecified atom stereocenters. The van der Waals surface area contributed by atoms with E-state index < -0.39 is 0 Å². The number of nitrogens with zero attached hydrogens (tertiary/aromatic N) is 2. The number of benzene rings is 1. The number of rotatable bonds is 3. The fourth-order valence-electron chi connectivity index (χ4n) is 1.75. The first-order valence-corrected chi connectivity index (χ1v) is 5.77. The topological polar surface area (TPSA) is 47.6 Å². The third-order valence-electron chi connectivity index (χ3n) is 2.80. The van der Waals surface area contributed by atoms with Crippen molar-refractivity contribution in [3.05, 3.63) is 41.0 Å². The van der Waals surface area contributed by atoms with E-state index >= 15 is 0 Å². The Morgan fingerprint density at radius 1 is 1.12 bits per heavy atom. The summed E-state index contributed by atoms with van der Waals surface area (Å²) in [6, 6.07) is 12.0. The molecule has 1 aromatic rings. The minimum Gasteiger partial charge on any atom is -0.192 e. The molecule has 86 valence electrons. The van der Waals surface area contributed by atoms with Crippen molar-refractivity contribution >= 4 is 5.57 Å². The Morgan fingerprint density at radius 2 is 1.65 bits per heavy atom. The quantitative estimate of drug-likeness (QED) is 0.728. The van der Waals surface area contributed by atoms with Gasteiger partial charge in [0, 0.05) is 0 Å². The minimum absolute atomic E-state index is 0.213. The van der Waals surface area contributed by atoms with E-state index in [9.17, 15) is 0 Å². The van der Waals surface area contributed by atoms with Gasteiger partial charge in [0.25, 0.3) is 0 Å². The summed E-state index contributed by atoms with van der Waals surface area (Å²) in [5.41, 5.74) is 3.27. The van der Waals surface area contributed by atoms with E-state index in [0.717, 1.165) is 11.1 Å². The lowest BCUT2D eigenvalue weighted by molar-refractivity contribution is 0.866. The Morgan fingerprint density at radius 3 is 2.00 bits per heavy atom. The van der Waals surface area contributed by atoms with Crippen molar-refractivity contribution in [1.29, 1.82) is 10.5 Å². The SMILES string of the molecule is CCC(=C(C#N)C#N)c1ccc(C(C)C)cc1. The molecule has 0 spiro atoms. The third kappa shape index (κ3) is 2.95. The molecule has 0 heterocycles. The van der Waals surface area contributed by atoms with Crippen LogP contribution in [0.3, 0.4) is 0 Å². The Balaban J connectivity index is 3.21. The Bertz CT molecular complexity index is 477. The molecule has 0 aliphatic carbocycles. The van der Waals surface area contributed by atoms with Gasteiger partial charge in [-0.05, 0) is 29.0 Å². The second-order valence-electron chi connectivity index (χ2n) is 4.21. The lowest BCUT2D eigenvalue weighted by Crippen LogP contribution is -1.91. The Labute approximate surface area is 103 Å². The van der Waals surface area contributed by atoms with Crippen LogP contribution >= 0.6 is 0 Å². The monoisotopic (exact) mass is 224 g/mol. The lowest BCUT2D eigenvalue weighted by atomic mass is 9.95. The molecule has 0 radical (unpaired) electrons. The fraction of sp³-hybridized carbons (Fsp3) is 0.333. The molecule has 1 rings (SSSR count). The van der Waals surface area contributed by atoms with Crippen molar-refractivity contribution in [2.45, 2.75) is 33.1 Å². The largest absolute Gasteiger partial charge is 0.192 e. The van der Waals surface area contributed by atoms with Gasteiger partial charge in [-0.15, -0.1) is 0 Å². The predicted octanol–water partition coefficient (Wildman–Crippen LogP) is 4.02. The highest BCUT2D eigenvalue weighted by Crippen LogP contribution is 2.24. The summed E-state index contributed by atoms with van der Waals surface area (Å²) in [7, 11) is 0. The standard InChI is InChI=1S/C15H16N2/c1-4-15(14(9-16)10-17)13-7-5-12(6-8-13)11(2)3/h5-8,11H,4H2,1-3H3. The third-order valence-corrected chi connectivity index (χ3v) is 2.80. The van der Waals surface area contributed by atoms with Gasteiger partial charge in [-0.1, -0.05) is 45.0 Å². The Hall–Kier alpha value is -2.06. The van der Waals surface area contributed by atoms with E-state index in [1.165, 1.54) is 5.56 Å². The first kappa shape index (κ1) is 13.0. The first-order chi connectivity index (χ1) is 8.13. The van der Waals surface area contributed by atoms with Crippen LogP contribution in [0.25, 0.3) is 5.57 Å². The normalized spacial score (nSPS) is 9.53. The van der Waals surface area contributed by atoms with Gasteiger partial charge in [0.05, 0.1) is 0 Å². The molecule has 2 nitrogen and oxygen atoms in total. The fourth-order valence-corrected chi connectivity index (χ4v) is 1.75. The summed E-state index contributed by atoms with van der Waals surface area (Å²) in [6.07, 6.45) is 0.692. The minimum atomic E-state index is 0.213. The molecule has 0 N–H and O–H groups in total. The zero-order valence-electron chi connectivity index (χ0n) is 10.5. The second-order valence-corrected chi connectivity index (χ2v) is 4.21. The number of hydrogen-bond donors (Lipinski definition) is 0. The van der Waals surface area contributed by atoms with Crippen molar-refractivity contribution in [1.82, 2.24) is 0 Å². The zero-order valence-corrected chi connectivity index (χ0v) is 10.5. The molecular weight excluding hydrogens is 208 g/mol. The van der Waals surface area contributed by atoms with Gasteiger partial charge in [-0.25, -0.2) is 0 Å². The zero-order chi connectivity index (χ0) is 12.8. The molecule has 0 bridgehead atoms. The lowest BCUT2D eigenvalue weighted by Gasteiger charge is -2.08. The maximum Gasteiger partial charge on any atom is 0.133 e. The molecule has 1 aromatic carbocycles. The summed E-state index contributed by atoms with van der Waals surface area (Å²) in [4.78, 5) is 0. The summed E-state index contributed by atoms with van der Waals surface area (Å²) < 4.78 is 0. The highest BCUT2D eigenvalue weighted by atomic mass is 14.3. The van der Waals surface area contributed by atoms with E-state index in [0.29, 0.717) is 12.3 Å². The molecule has 0 amide bonds. The van der Waals surface area contributed by atoms with Gasteiger partial charge >= 0.3 is 0 Å². The number of allylic oxidation sites excluding steroid dienone is 2. The van der Waals surface area contributed by atoms with E-state index in [4.69, 9.17) is 10.5 Å². The summed E-state index contributed by atoms with van der Waals surface area (Å²) >= 11 is 0. The van der Waals surface area contributed by atoms with Crippen LogP contribution in [0, 0.1) is 22.7 Å². The van der Waals surface area contributed by atoms with Crippen LogP contribution in [-0.2, 0) is 0 Å². The highest BCUT2D eigenvalue weighted by molar-refractivity contribution is 5.75. The van der Waals surface area contributed by atoms with Crippen molar-refractivity contribution < 1.29 is 0 Å². The second kappa shape index (κ2) is 5.87. The van der Waals surface area contributed by atoms with E-state index in [1.54, 1.807) is 0 Å². The van der Waals surface area contributed by atoms with E-state index in [-0.39, 0.29) is 5.57 Å². The smallest absolute Gasteiger partial charge is 0.133 e. The van der Waals surface area contributed by atoms with Gasteiger partial charge < -0.3 is 0 Å².